The van der Waals surface area contributed by atoms with E-state index in [2.05, 4.69) is 33.0 Å². The molecule has 1 aliphatic rings. The molecule has 1 saturated carbocycles. The van der Waals surface area contributed by atoms with Crippen LogP contribution in [0.2, 0.25) is 0 Å². The molecule has 4 N–H and O–H groups in total. The van der Waals surface area contributed by atoms with E-state index in [1.807, 2.05) is 0 Å². The van der Waals surface area contributed by atoms with Crippen LogP contribution in [-0.4, -0.2) is 43.6 Å². The summed E-state index contributed by atoms with van der Waals surface area (Å²) in [4.78, 5) is 0. The van der Waals surface area contributed by atoms with Crippen LogP contribution in [0.5, 0.6) is 0 Å². The second-order valence-electron chi connectivity index (χ2n) is 11.6. The maximum atomic E-state index is 10.2. The maximum absolute atomic E-state index is 10.2. The van der Waals surface area contributed by atoms with Gasteiger partial charge in [-0.2, -0.15) is 0 Å². The third kappa shape index (κ3) is 15.3. The Labute approximate surface area is 194 Å². The number of hydrogen-bond acceptors (Lipinski definition) is 4. The molecule has 4 heteroatoms. The van der Waals surface area contributed by atoms with Crippen LogP contribution in [0.15, 0.2) is 0 Å². The summed E-state index contributed by atoms with van der Waals surface area (Å²) >= 11 is 0. The van der Waals surface area contributed by atoms with Gasteiger partial charge >= 0.3 is 0 Å². The van der Waals surface area contributed by atoms with Crippen molar-refractivity contribution in [2.45, 2.75) is 136 Å². The molecule has 3 unspecified atom stereocenters. The number of aliphatic hydroxyl groups is 1. The van der Waals surface area contributed by atoms with Crippen molar-refractivity contribution >= 4 is 0 Å². The van der Waals surface area contributed by atoms with Gasteiger partial charge in [-0.1, -0.05) is 98.3 Å². The molecule has 0 spiro atoms. The Hall–Kier alpha value is -0.160. The van der Waals surface area contributed by atoms with Gasteiger partial charge in [0.15, 0.2) is 0 Å². The number of unbranched alkanes of at least 4 members (excludes halogenated alkanes) is 11. The topological polar surface area (TPSA) is 67.5 Å². The highest BCUT2D eigenvalue weighted by Crippen LogP contribution is 2.45. The van der Waals surface area contributed by atoms with Crippen molar-refractivity contribution in [3.05, 3.63) is 0 Å². The lowest BCUT2D eigenvalue weighted by molar-refractivity contribution is 0.0305. The SMILES string of the molecule is CCCCCCCCCCCCCCOCC(O)CNCC1(C)CC(N)CC(C)(C)C1. The van der Waals surface area contributed by atoms with Crippen LogP contribution in [0.1, 0.15) is 124 Å². The van der Waals surface area contributed by atoms with Crippen LogP contribution >= 0.6 is 0 Å². The molecule has 0 heterocycles. The average molecular weight is 441 g/mol. The Bertz CT molecular complexity index is 429. The molecule has 0 aromatic rings. The van der Waals surface area contributed by atoms with Crippen LogP contribution in [0.25, 0.3) is 0 Å². The smallest absolute Gasteiger partial charge is 0.0897 e. The van der Waals surface area contributed by atoms with E-state index in [0.717, 1.165) is 32.4 Å². The minimum Gasteiger partial charge on any atom is -0.389 e. The van der Waals surface area contributed by atoms with Gasteiger partial charge in [-0.3, -0.25) is 0 Å². The number of rotatable bonds is 19. The highest BCUT2D eigenvalue weighted by atomic mass is 16.5. The van der Waals surface area contributed by atoms with E-state index in [-0.39, 0.29) is 5.41 Å². The molecule has 186 valence electrons. The molecular formula is C27H56N2O2. The molecule has 0 bridgehead atoms. The summed E-state index contributed by atoms with van der Waals surface area (Å²) in [5.74, 6) is 0. The van der Waals surface area contributed by atoms with Gasteiger partial charge in [0.25, 0.3) is 0 Å². The van der Waals surface area contributed by atoms with Gasteiger partial charge in [0.1, 0.15) is 0 Å². The first-order chi connectivity index (χ1) is 14.8. The van der Waals surface area contributed by atoms with Crippen molar-refractivity contribution in [1.82, 2.24) is 5.32 Å². The summed E-state index contributed by atoms with van der Waals surface area (Å²) < 4.78 is 5.70. The molecule has 4 nitrogen and oxygen atoms in total. The summed E-state index contributed by atoms with van der Waals surface area (Å²) in [6.07, 6.45) is 19.2. The fraction of sp³-hybridized carbons (Fsp3) is 1.00. The van der Waals surface area contributed by atoms with Crippen molar-refractivity contribution in [3.8, 4) is 0 Å². The van der Waals surface area contributed by atoms with E-state index in [1.165, 1.54) is 77.0 Å². The third-order valence-electron chi connectivity index (χ3n) is 6.86. The first-order valence-electron chi connectivity index (χ1n) is 13.5. The molecule has 1 aliphatic carbocycles. The normalized spacial score (nSPS) is 24.4. The van der Waals surface area contributed by atoms with Crippen LogP contribution in [-0.2, 0) is 4.74 Å². The van der Waals surface area contributed by atoms with E-state index in [9.17, 15) is 5.11 Å². The van der Waals surface area contributed by atoms with E-state index in [1.54, 1.807) is 0 Å². The van der Waals surface area contributed by atoms with Crippen molar-refractivity contribution in [2.24, 2.45) is 16.6 Å². The van der Waals surface area contributed by atoms with E-state index in [4.69, 9.17) is 10.5 Å². The molecule has 0 aromatic heterocycles. The fourth-order valence-electron chi connectivity index (χ4n) is 5.71. The Morgan fingerprint density at radius 1 is 0.903 bits per heavy atom. The zero-order valence-electron chi connectivity index (χ0n) is 21.5. The molecule has 0 amide bonds. The predicted octanol–water partition coefficient (Wildman–Crippen LogP) is 6.20. The number of hydrogen-bond donors (Lipinski definition) is 3. The Balaban J connectivity index is 1.90. The van der Waals surface area contributed by atoms with Crippen molar-refractivity contribution in [3.63, 3.8) is 0 Å². The van der Waals surface area contributed by atoms with Crippen molar-refractivity contribution in [1.29, 1.82) is 0 Å². The first kappa shape index (κ1) is 28.9. The summed E-state index contributed by atoms with van der Waals surface area (Å²) in [6, 6.07) is 0.291. The van der Waals surface area contributed by atoms with Gasteiger partial charge < -0.3 is 20.9 Å². The fourth-order valence-corrected chi connectivity index (χ4v) is 5.71. The zero-order valence-corrected chi connectivity index (χ0v) is 21.5. The average Bonchev–Trinajstić information content (AvgIpc) is 2.66. The number of nitrogens with two attached hydrogens (primary N) is 1. The highest BCUT2D eigenvalue weighted by Gasteiger charge is 2.39. The van der Waals surface area contributed by atoms with Crippen molar-refractivity contribution in [2.75, 3.05) is 26.3 Å². The van der Waals surface area contributed by atoms with Gasteiger partial charge in [0.2, 0.25) is 0 Å². The molecule has 0 saturated heterocycles. The molecule has 3 atom stereocenters. The van der Waals surface area contributed by atoms with Gasteiger partial charge in [0, 0.05) is 25.7 Å². The largest absolute Gasteiger partial charge is 0.389 e. The molecule has 31 heavy (non-hydrogen) atoms. The number of nitrogens with one attached hydrogen (secondary N) is 1. The van der Waals surface area contributed by atoms with Crippen LogP contribution < -0.4 is 11.1 Å². The standard InChI is InChI=1S/C27H56N2O2/c1-5-6-7-8-9-10-11-12-13-14-15-16-17-31-21-25(30)20-29-23-27(4)19-24(28)18-26(2,3)22-27/h24-25,29-30H,5-23,28H2,1-4H3. The molecular weight excluding hydrogens is 384 g/mol. The highest BCUT2D eigenvalue weighted by molar-refractivity contribution is 4.94. The third-order valence-corrected chi connectivity index (χ3v) is 6.86. The molecule has 0 radical (unpaired) electrons. The van der Waals surface area contributed by atoms with E-state index in [0.29, 0.717) is 24.6 Å². The molecule has 1 rings (SSSR count). The Kier molecular flexibility index (Phi) is 15.3. The minimum absolute atomic E-state index is 0.219. The second-order valence-corrected chi connectivity index (χ2v) is 11.6. The van der Waals surface area contributed by atoms with Gasteiger partial charge in [0.05, 0.1) is 12.7 Å². The summed E-state index contributed by atoms with van der Waals surface area (Å²) in [6.45, 7) is 12.0. The number of aliphatic hydroxyl groups excluding tert-OH is 1. The monoisotopic (exact) mass is 440 g/mol. The second kappa shape index (κ2) is 16.5. The summed E-state index contributed by atoms with van der Waals surface area (Å²) in [7, 11) is 0. The van der Waals surface area contributed by atoms with E-state index < -0.39 is 6.10 Å². The summed E-state index contributed by atoms with van der Waals surface area (Å²) in [5, 5.41) is 13.7. The Morgan fingerprint density at radius 3 is 2.00 bits per heavy atom. The number of ether oxygens (including phenoxy) is 1. The van der Waals surface area contributed by atoms with Gasteiger partial charge in [-0.15, -0.1) is 0 Å². The zero-order chi connectivity index (χ0) is 23.0. The van der Waals surface area contributed by atoms with Crippen LogP contribution in [0.4, 0.5) is 0 Å². The maximum Gasteiger partial charge on any atom is 0.0897 e. The lowest BCUT2D eigenvalue weighted by Gasteiger charge is -2.46. The molecule has 0 aliphatic heterocycles. The van der Waals surface area contributed by atoms with Gasteiger partial charge in [-0.05, 0) is 36.5 Å². The van der Waals surface area contributed by atoms with E-state index >= 15 is 0 Å². The first-order valence-corrected chi connectivity index (χ1v) is 13.5. The lowest BCUT2D eigenvalue weighted by atomic mass is 9.63. The van der Waals surface area contributed by atoms with Crippen molar-refractivity contribution < 1.29 is 9.84 Å². The van der Waals surface area contributed by atoms with Crippen LogP contribution in [0.3, 0.4) is 0 Å². The van der Waals surface area contributed by atoms with Crippen LogP contribution in [0, 0.1) is 10.8 Å². The van der Waals surface area contributed by atoms with Gasteiger partial charge in [-0.25, -0.2) is 0 Å². The Morgan fingerprint density at radius 2 is 1.45 bits per heavy atom. The lowest BCUT2D eigenvalue weighted by Crippen LogP contribution is -2.47. The molecule has 0 aromatic carbocycles. The summed E-state index contributed by atoms with van der Waals surface area (Å²) in [5.41, 5.74) is 6.82. The minimum atomic E-state index is -0.425. The predicted molar refractivity (Wildman–Crippen MR) is 134 cm³/mol. The molecule has 1 fully saturated rings. The quantitative estimate of drug-likeness (QED) is 0.209.